The number of fused-ring (bicyclic) bond motifs is 1. The van der Waals surface area contributed by atoms with Crippen LogP contribution >= 0.6 is 0 Å². The minimum absolute atomic E-state index is 0.0846. The first kappa shape index (κ1) is 12.1. The lowest BCUT2D eigenvalue weighted by molar-refractivity contribution is 0.398. The summed E-state index contributed by atoms with van der Waals surface area (Å²) >= 11 is 0. The SMILES string of the molecule is O=c1n(CCNC(C2CC2)C2CC2)nc2cnccn12. The van der Waals surface area contributed by atoms with Crippen molar-refractivity contribution < 1.29 is 0 Å². The predicted octanol–water partition coefficient (Wildman–Crippen LogP) is 0.669. The lowest BCUT2D eigenvalue weighted by Gasteiger charge is -2.17. The van der Waals surface area contributed by atoms with E-state index in [0.717, 1.165) is 18.4 Å². The molecule has 2 heterocycles. The molecule has 0 aromatic carbocycles. The number of nitrogens with one attached hydrogen (secondary N) is 1. The van der Waals surface area contributed by atoms with Crippen LogP contribution in [0.5, 0.6) is 0 Å². The fourth-order valence-electron chi connectivity index (χ4n) is 2.99. The highest BCUT2D eigenvalue weighted by Gasteiger charge is 2.40. The van der Waals surface area contributed by atoms with Gasteiger partial charge in [-0.05, 0) is 37.5 Å². The van der Waals surface area contributed by atoms with Crippen LogP contribution < -0.4 is 11.0 Å². The maximum atomic E-state index is 12.1. The lowest BCUT2D eigenvalue weighted by Crippen LogP contribution is -2.37. The zero-order chi connectivity index (χ0) is 13.5. The number of nitrogens with zero attached hydrogens (tertiary/aromatic N) is 4. The molecule has 0 radical (unpaired) electrons. The van der Waals surface area contributed by atoms with Crippen molar-refractivity contribution in [3.63, 3.8) is 0 Å². The second-order valence-electron chi connectivity index (χ2n) is 5.96. The van der Waals surface area contributed by atoms with Gasteiger partial charge in [0.15, 0.2) is 5.65 Å². The fourth-order valence-corrected chi connectivity index (χ4v) is 2.99. The van der Waals surface area contributed by atoms with Crippen molar-refractivity contribution in [1.82, 2.24) is 24.5 Å². The molecule has 0 spiro atoms. The normalized spacial score (nSPS) is 19.1. The van der Waals surface area contributed by atoms with Crippen molar-refractivity contribution >= 4 is 5.65 Å². The first-order chi connectivity index (χ1) is 9.83. The van der Waals surface area contributed by atoms with Crippen LogP contribution in [-0.2, 0) is 6.54 Å². The molecule has 6 nitrogen and oxygen atoms in total. The maximum Gasteiger partial charge on any atom is 0.350 e. The van der Waals surface area contributed by atoms with Crippen molar-refractivity contribution in [1.29, 1.82) is 0 Å². The van der Waals surface area contributed by atoms with Crippen LogP contribution in [0.25, 0.3) is 5.65 Å². The summed E-state index contributed by atoms with van der Waals surface area (Å²) in [5, 5.41) is 7.93. The average Bonchev–Trinajstić information content (AvgIpc) is 3.36. The molecule has 2 aliphatic rings. The lowest BCUT2D eigenvalue weighted by atomic mass is 10.1. The summed E-state index contributed by atoms with van der Waals surface area (Å²) < 4.78 is 3.06. The molecule has 20 heavy (non-hydrogen) atoms. The molecule has 2 aliphatic carbocycles. The highest BCUT2D eigenvalue weighted by atomic mass is 16.2. The summed E-state index contributed by atoms with van der Waals surface area (Å²) in [5.74, 6) is 1.76. The average molecular weight is 273 g/mol. The quantitative estimate of drug-likeness (QED) is 0.840. The minimum Gasteiger partial charge on any atom is -0.312 e. The van der Waals surface area contributed by atoms with Gasteiger partial charge in [-0.3, -0.25) is 4.98 Å². The van der Waals surface area contributed by atoms with Crippen molar-refractivity contribution in [2.45, 2.75) is 38.3 Å². The van der Waals surface area contributed by atoms with Crippen LogP contribution in [0.4, 0.5) is 0 Å². The molecule has 0 aliphatic heterocycles. The van der Waals surface area contributed by atoms with Crippen LogP contribution in [0, 0.1) is 11.8 Å². The molecule has 0 bridgehead atoms. The molecule has 4 rings (SSSR count). The van der Waals surface area contributed by atoms with Crippen LogP contribution in [0.3, 0.4) is 0 Å². The molecular weight excluding hydrogens is 254 g/mol. The van der Waals surface area contributed by atoms with Gasteiger partial charge in [0.25, 0.3) is 0 Å². The Morgan fingerprint density at radius 3 is 2.70 bits per heavy atom. The monoisotopic (exact) mass is 273 g/mol. The van der Waals surface area contributed by atoms with Crippen molar-refractivity contribution in [2.75, 3.05) is 6.54 Å². The maximum absolute atomic E-state index is 12.1. The molecule has 0 unspecified atom stereocenters. The van der Waals surface area contributed by atoms with Gasteiger partial charge in [0.05, 0.1) is 12.7 Å². The van der Waals surface area contributed by atoms with Gasteiger partial charge in [0, 0.05) is 25.0 Å². The Kier molecular flexibility index (Phi) is 2.84. The molecule has 1 N–H and O–H groups in total. The van der Waals surface area contributed by atoms with Gasteiger partial charge in [-0.15, -0.1) is 5.10 Å². The van der Waals surface area contributed by atoms with Crippen LogP contribution in [-0.4, -0.2) is 31.8 Å². The third kappa shape index (κ3) is 2.24. The summed E-state index contributed by atoms with van der Waals surface area (Å²) in [6.45, 7) is 1.44. The summed E-state index contributed by atoms with van der Waals surface area (Å²) in [6.07, 6.45) is 10.4. The smallest absolute Gasteiger partial charge is 0.312 e. The Balaban J connectivity index is 1.42. The summed E-state index contributed by atoms with van der Waals surface area (Å²) in [7, 11) is 0. The third-order valence-electron chi connectivity index (χ3n) is 4.35. The van der Waals surface area contributed by atoms with E-state index in [1.54, 1.807) is 18.6 Å². The molecule has 0 atom stereocenters. The minimum atomic E-state index is -0.0846. The molecule has 2 saturated carbocycles. The Bertz CT molecular complexity index is 655. The number of hydrogen-bond donors (Lipinski definition) is 1. The van der Waals surface area contributed by atoms with Crippen molar-refractivity contribution in [3.05, 3.63) is 29.1 Å². The van der Waals surface area contributed by atoms with E-state index in [0.29, 0.717) is 18.2 Å². The van der Waals surface area contributed by atoms with Crippen molar-refractivity contribution in [3.8, 4) is 0 Å². The van der Waals surface area contributed by atoms with E-state index in [1.807, 2.05) is 0 Å². The van der Waals surface area contributed by atoms with E-state index >= 15 is 0 Å². The number of aromatic nitrogens is 4. The fraction of sp³-hybridized carbons (Fsp3) is 0.643. The van der Waals surface area contributed by atoms with Crippen molar-refractivity contribution in [2.24, 2.45) is 11.8 Å². The summed E-state index contributed by atoms with van der Waals surface area (Å²) in [6, 6.07) is 0.671. The van der Waals surface area contributed by atoms with E-state index in [4.69, 9.17) is 0 Å². The van der Waals surface area contributed by atoms with E-state index in [2.05, 4.69) is 15.4 Å². The van der Waals surface area contributed by atoms with Gasteiger partial charge in [-0.2, -0.15) is 0 Å². The predicted molar refractivity (Wildman–Crippen MR) is 74.5 cm³/mol. The Morgan fingerprint density at radius 1 is 1.30 bits per heavy atom. The molecule has 2 aromatic rings. The second kappa shape index (κ2) is 4.70. The zero-order valence-electron chi connectivity index (χ0n) is 11.4. The van der Waals surface area contributed by atoms with Gasteiger partial charge in [-0.25, -0.2) is 13.9 Å². The highest BCUT2D eigenvalue weighted by Crippen LogP contribution is 2.44. The van der Waals surface area contributed by atoms with Gasteiger partial charge >= 0.3 is 5.69 Å². The van der Waals surface area contributed by atoms with Gasteiger partial charge in [0.2, 0.25) is 0 Å². The third-order valence-corrected chi connectivity index (χ3v) is 4.35. The van der Waals surface area contributed by atoms with Crippen LogP contribution in [0.2, 0.25) is 0 Å². The van der Waals surface area contributed by atoms with Crippen LogP contribution in [0.15, 0.2) is 23.4 Å². The Labute approximate surface area is 116 Å². The second-order valence-corrected chi connectivity index (χ2v) is 5.96. The molecule has 2 fully saturated rings. The molecular formula is C14H19N5O. The number of hydrogen-bond acceptors (Lipinski definition) is 4. The highest BCUT2D eigenvalue weighted by molar-refractivity contribution is 5.31. The molecule has 106 valence electrons. The van der Waals surface area contributed by atoms with Gasteiger partial charge in [0.1, 0.15) is 0 Å². The zero-order valence-corrected chi connectivity index (χ0v) is 11.4. The van der Waals surface area contributed by atoms with Gasteiger partial charge in [-0.1, -0.05) is 0 Å². The summed E-state index contributed by atoms with van der Waals surface area (Å²) in [4.78, 5) is 16.1. The molecule has 0 amide bonds. The standard InChI is InChI=1S/C14H19N5O/c20-14-18-7-5-15-9-12(18)17-19(14)8-6-16-13(10-1-2-10)11-3-4-11/h5,7,9-11,13,16H,1-4,6,8H2. The first-order valence-corrected chi connectivity index (χ1v) is 7.45. The largest absolute Gasteiger partial charge is 0.350 e. The molecule has 2 aromatic heterocycles. The van der Waals surface area contributed by atoms with E-state index in [-0.39, 0.29) is 5.69 Å². The molecule has 0 saturated heterocycles. The van der Waals surface area contributed by atoms with E-state index < -0.39 is 0 Å². The Hall–Kier alpha value is -1.69. The number of rotatable bonds is 6. The van der Waals surface area contributed by atoms with Crippen LogP contribution in [0.1, 0.15) is 25.7 Å². The Morgan fingerprint density at radius 2 is 2.05 bits per heavy atom. The van der Waals surface area contributed by atoms with E-state index in [1.165, 1.54) is 34.8 Å². The summed E-state index contributed by atoms with van der Waals surface area (Å²) in [5.41, 5.74) is 0.525. The van der Waals surface area contributed by atoms with Gasteiger partial charge < -0.3 is 5.32 Å². The van der Waals surface area contributed by atoms with E-state index in [9.17, 15) is 4.79 Å². The molecule has 6 heteroatoms. The first-order valence-electron chi connectivity index (χ1n) is 7.45. The topological polar surface area (TPSA) is 64.2 Å².